The minimum Gasteiger partial charge on any atom is -0.329 e. The zero-order valence-electron chi connectivity index (χ0n) is 12.2. The molecule has 0 amide bonds. The van der Waals surface area contributed by atoms with Crippen LogP contribution < -0.4 is 10.5 Å². The van der Waals surface area contributed by atoms with Gasteiger partial charge >= 0.3 is 0 Å². The number of rotatable bonds is 7. The van der Waals surface area contributed by atoms with Gasteiger partial charge in [-0.15, -0.1) is 0 Å². The lowest BCUT2D eigenvalue weighted by molar-refractivity contribution is 0.555. The number of nitrogens with one attached hydrogen (secondary N) is 1. The highest BCUT2D eigenvalue weighted by atomic mass is 32.2. The number of fused-ring (bicyclic) bond motifs is 1. The Labute approximate surface area is 126 Å². The van der Waals surface area contributed by atoms with Gasteiger partial charge in [0.25, 0.3) is 0 Å². The molecule has 1 unspecified atom stereocenters. The second kappa shape index (κ2) is 7.02. The first kappa shape index (κ1) is 15.9. The van der Waals surface area contributed by atoms with Gasteiger partial charge in [-0.25, -0.2) is 13.1 Å². The molecular weight excluding hydrogens is 284 g/mol. The molecule has 0 aromatic heterocycles. The molecule has 3 N–H and O–H groups in total. The van der Waals surface area contributed by atoms with Crippen LogP contribution in [-0.4, -0.2) is 20.7 Å². The van der Waals surface area contributed by atoms with Crippen LogP contribution in [0.4, 0.5) is 0 Å². The maximum Gasteiger partial charge on any atom is 0.212 e. The Morgan fingerprint density at radius 1 is 1.14 bits per heavy atom. The molecule has 0 radical (unpaired) electrons. The van der Waals surface area contributed by atoms with Gasteiger partial charge in [-0.2, -0.15) is 0 Å². The van der Waals surface area contributed by atoms with Crippen molar-refractivity contribution < 1.29 is 8.42 Å². The monoisotopic (exact) mass is 306 g/mol. The average Bonchev–Trinajstić information content (AvgIpc) is 2.50. The Kier molecular flexibility index (Phi) is 5.33. The van der Waals surface area contributed by atoms with E-state index in [4.69, 9.17) is 5.73 Å². The van der Waals surface area contributed by atoms with Crippen LogP contribution in [-0.2, 0) is 10.0 Å². The van der Waals surface area contributed by atoms with E-state index in [2.05, 4.69) is 4.72 Å². The van der Waals surface area contributed by atoms with Crippen molar-refractivity contribution in [2.24, 2.45) is 5.73 Å². The number of unbranched alkanes of at least 4 members (excludes halogenated alkanes) is 1. The van der Waals surface area contributed by atoms with Crippen molar-refractivity contribution in [3.63, 3.8) is 0 Å². The first-order valence-electron chi connectivity index (χ1n) is 7.24. The highest BCUT2D eigenvalue weighted by Gasteiger charge is 2.18. The first-order chi connectivity index (χ1) is 10.1. The van der Waals surface area contributed by atoms with E-state index in [9.17, 15) is 8.42 Å². The topological polar surface area (TPSA) is 72.2 Å². The Balaban J connectivity index is 2.23. The molecule has 0 saturated heterocycles. The normalized spacial score (nSPS) is 13.4. The summed E-state index contributed by atoms with van der Waals surface area (Å²) >= 11 is 0. The lowest BCUT2D eigenvalue weighted by atomic mass is 10.0. The summed E-state index contributed by atoms with van der Waals surface area (Å²) in [5.41, 5.74) is 6.66. The van der Waals surface area contributed by atoms with Gasteiger partial charge in [0.2, 0.25) is 10.0 Å². The van der Waals surface area contributed by atoms with Crippen molar-refractivity contribution in [2.75, 3.05) is 12.3 Å². The third-order valence-corrected chi connectivity index (χ3v) is 4.97. The summed E-state index contributed by atoms with van der Waals surface area (Å²) in [6, 6.07) is 13.5. The summed E-state index contributed by atoms with van der Waals surface area (Å²) < 4.78 is 26.8. The SMILES string of the molecule is CCCCS(=O)(=O)NC(CN)c1ccc2ccccc2c1. The molecule has 0 heterocycles. The molecule has 0 bridgehead atoms. The highest BCUT2D eigenvalue weighted by Crippen LogP contribution is 2.20. The molecule has 5 heteroatoms. The van der Waals surface area contributed by atoms with Crippen LogP contribution in [0.1, 0.15) is 31.4 Å². The van der Waals surface area contributed by atoms with Gasteiger partial charge in [0.1, 0.15) is 0 Å². The second-order valence-corrected chi connectivity index (χ2v) is 7.06. The Bertz CT molecular complexity index is 698. The van der Waals surface area contributed by atoms with Crippen molar-refractivity contribution in [3.05, 3.63) is 48.0 Å². The van der Waals surface area contributed by atoms with E-state index in [1.807, 2.05) is 49.4 Å². The number of sulfonamides is 1. The lowest BCUT2D eigenvalue weighted by Gasteiger charge is -2.18. The first-order valence-corrected chi connectivity index (χ1v) is 8.89. The summed E-state index contributed by atoms with van der Waals surface area (Å²) in [5, 5.41) is 2.21. The molecule has 2 rings (SSSR count). The van der Waals surface area contributed by atoms with E-state index in [0.717, 1.165) is 22.8 Å². The molecule has 1 atom stereocenters. The standard InChI is InChI=1S/C16H22N2O2S/c1-2-3-10-21(19,20)18-16(12-17)15-9-8-13-6-4-5-7-14(13)11-15/h4-9,11,16,18H,2-3,10,12,17H2,1H3. The van der Waals surface area contributed by atoms with Crippen molar-refractivity contribution >= 4 is 20.8 Å². The van der Waals surface area contributed by atoms with Crippen LogP contribution in [0, 0.1) is 0 Å². The van der Waals surface area contributed by atoms with Crippen molar-refractivity contribution in [3.8, 4) is 0 Å². The average molecular weight is 306 g/mol. The van der Waals surface area contributed by atoms with E-state index in [1.165, 1.54) is 0 Å². The summed E-state index contributed by atoms with van der Waals surface area (Å²) in [7, 11) is -3.29. The maximum atomic E-state index is 12.0. The number of hydrogen-bond acceptors (Lipinski definition) is 3. The van der Waals surface area contributed by atoms with E-state index in [0.29, 0.717) is 6.42 Å². The molecule has 0 saturated carbocycles. The number of nitrogens with two attached hydrogens (primary N) is 1. The third-order valence-electron chi connectivity index (χ3n) is 3.50. The second-order valence-electron chi connectivity index (χ2n) is 5.19. The van der Waals surface area contributed by atoms with Gasteiger partial charge in [0, 0.05) is 6.54 Å². The molecule has 0 fully saturated rings. The minimum atomic E-state index is -3.29. The molecule has 0 aliphatic carbocycles. The summed E-state index contributed by atoms with van der Waals surface area (Å²) in [6.45, 7) is 2.21. The quantitative estimate of drug-likeness (QED) is 0.825. The summed E-state index contributed by atoms with van der Waals surface area (Å²) in [6.07, 6.45) is 1.51. The fraction of sp³-hybridized carbons (Fsp3) is 0.375. The lowest BCUT2D eigenvalue weighted by Crippen LogP contribution is -2.34. The van der Waals surface area contributed by atoms with Gasteiger partial charge in [0.15, 0.2) is 0 Å². The van der Waals surface area contributed by atoms with Crippen molar-refractivity contribution in [2.45, 2.75) is 25.8 Å². The van der Waals surface area contributed by atoms with Gasteiger partial charge in [0.05, 0.1) is 11.8 Å². The van der Waals surface area contributed by atoms with Crippen LogP contribution >= 0.6 is 0 Å². The van der Waals surface area contributed by atoms with Crippen LogP contribution in [0.2, 0.25) is 0 Å². The van der Waals surface area contributed by atoms with E-state index >= 15 is 0 Å². The number of hydrogen-bond donors (Lipinski definition) is 2. The van der Waals surface area contributed by atoms with Crippen molar-refractivity contribution in [1.82, 2.24) is 4.72 Å². The summed E-state index contributed by atoms with van der Waals surface area (Å²) in [5.74, 6) is 0.146. The van der Waals surface area contributed by atoms with Gasteiger partial charge in [-0.05, 0) is 28.8 Å². The summed E-state index contributed by atoms with van der Waals surface area (Å²) in [4.78, 5) is 0. The Morgan fingerprint density at radius 3 is 2.52 bits per heavy atom. The smallest absolute Gasteiger partial charge is 0.212 e. The van der Waals surface area contributed by atoms with E-state index in [-0.39, 0.29) is 18.3 Å². The molecule has 0 aliphatic heterocycles. The molecule has 0 spiro atoms. The van der Waals surface area contributed by atoms with Crippen LogP contribution in [0.5, 0.6) is 0 Å². The zero-order chi connectivity index (χ0) is 15.3. The van der Waals surface area contributed by atoms with Crippen LogP contribution in [0.15, 0.2) is 42.5 Å². The van der Waals surface area contributed by atoms with E-state index < -0.39 is 10.0 Å². The predicted octanol–water partition coefficient (Wildman–Crippen LogP) is 2.56. The fourth-order valence-corrected chi connectivity index (χ4v) is 3.74. The minimum absolute atomic E-state index is 0.146. The maximum absolute atomic E-state index is 12.0. The van der Waals surface area contributed by atoms with Crippen LogP contribution in [0.25, 0.3) is 10.8 Å². The zero-order valence-corrected chi connectivity index (χ0v) is 13.1. The predicted molar refractivity (Wildman–Crippen MR) is 87.6 cm³/mol. The van der Waals surface area contributed by atoms with Gasteiger partial charge < -0.3 is 5.73 Å². The number of benzene rings is 2. The van der Waals surface area contributed by atoms with Gasteiger partial charge in [-0.1, -0.05) is 49.7 Å². The molecule has 2 aromatic carbocycles. The van der Waals surface area contributed by atoms with Crippen LogP contribution in [0.3, 0.4) is 0 Å². The Hall–Kier alpha value is -1.43. The van der Waals surface area contributed by atoms with E-state index in [1.54, 1.807) is 0 Å². The fourth-order valence-electron chi connectivity index (χ4n) is 2.29. The Morgan fingerprint density at radius 2 is 1.86 bits per heavy atom. The molecule has 21 heavy (non-hydrogen) atoms. The molecule has 4 nitrogen and oxygen atoms in total. The van der Waals surface area contributed by atoms with Gasteiger partial charge in [-0.3, -0.25) is 0 Å². The molecule has 0 aliphatic rings. The molecule has 2 aromatic rings. The molecule has 114 valence electrons. The molecular formula is C16H22N2O2S. The third kappa shape index (κ3) is 4.27. The van der Waals surface area contributed by atoms with Crippen molar-refractivity contribution in [1.29, 1.82) is 0 Å². The highest BCUT2D eigenvalue weighted by molar-refractivity contribution is 7.89. The largest absolute Gasteiger partial charge is 0.329 e.